The van der Waals surface area contributed by atoms with E-state index in [4.69, 9.17) is 17.3 Å². The van der Waals surface area contributed by atoms with E-state index in [0.29, 0.717) is 16.3 Å². The molecule has 1 aromatic heterocycles. The van der Waals surface area contributed by atoms with Gasteiger partial charge in [0.05, 0.1) is 12.2 Å². The molecule has 0 aliphatic heterocycles. The fourth-order valence-corrected chi connectivity index (χ4v) is 2.43. The van der Waals surface area contributed by atoms with E-state index in [1.165, 1.54) is 24.3 Å². The molecule has 0 aliphatic carbocycles. The summed E-state index contributed by atoms with van der Waals surface area (Å²) >= 11 is 6.08. The Bertz CT molecular complexity index is 938. The smallest absolute Gasteiger partial charge is 0.368 e. The van der Waals surface area contributed by atoms with Gasteiger partial charge in [0.15, 0.2) is 0 Å². The SMILES string of the molecule is Nc1ccc(Cn2nnn(-c3cccc(C(F)F)c3)c2=O)c(Cl)c1. The number of anilines is 1. The molecule has 0 spiro atoms. The third kappa shape index (κ3) is 3.13. The number of hydrogen-bond acceptors (Lipinski definition) is 4. The van der Waals surface area contributed by atoms with Crippen LogP contribution in [0.2, 0.25) is 5.02 Å². The maximum atomic E-state index is 12.8. The number of aromatic nitrogens is 4. The normalized spacial score (nSPS) is 11.2. The maximum absolute atomic E-state index is 12.8. The van der Waals surface area contributed by atoms with Gasteiger partial charge in [-0.25, -0.2) is 13.6 Å². The first kappa shape index (κ1) is 16.1. The molecule has 0 bridgehead atoms. The summed E-state index contributed by atoms with van der Waals surface area (Å²) in [5.74, 6) is 0. The van der Waals surface area contributed by atoms with E-state index in [1.54, 1.807) is 18.2 Å². The summed E-state index contributed by atoms with van der Waals surface area (Å²) in [6, 6.07) is 10.3. The molecular weight excluding hydrogens is 340 g/mol. The van der Waals surface area contributed by atoms with Crippen molar-refractivity contribution in [1.82, 2.24) is 19.8 Å². The molecule has 24 heavy (non-hydrogen) atoms. The molecular formula is C15H12ClF2N5O. The lowest BCUT2D eigenvalue weighted by Crippen LogP contribution is -2.25. The first-order valence-corrected chi connectivity index (χ1v) is 7.28. The summed E-state index contributed by atoms with van der Waals surface area (Å²) in [5.41, 5.74) is 6.22. The number of halogens is 3. The molecule has 0 amide bonds. The van der Waals surface area contributed by atoms with Gasteiger partial charge in [0.25, 0.3) is 6.43 Å². The van der Waals surface area contributed by atoms with Crippen LogP contribution in [0, 0.1) is 0 Å². The maximum Gasteiger partial charge on any atom is 0.368 e. The molecule has 6 nitrogen and oxygen atoms in total. The molecule has 0 fully saturated rings. The van der Waals surface area contributed by atoms with Gasteiger partial charge in [-0.15, -0.1) is 0 Å². The molecule has 3 rings (SSSR count). The Morgan fingerprint density at radius 3 is 2.67 bits per heavy atom. The number of hydrogen-bond donors (Lipinski definition) is 1. The van der Waals surface area contributed by atoms with Crippen LogP contribution in [0.25, 0.3) is 5.69 Å². The minimum atomic E-state index is -2.63. The summed E-state index contributed by atoms with van der Waals surface area (Å²) in [6.07, 6.45) is -2.63. The average molecular weight is 352 g/mol. The predicted molar refractivity (Wildman–Crippen MR) is 85.5 cm³/mol. The topological polar surface area (TPSA) is 78.7 Å². The third-order valence-electron chi connectivity index (χ3n) is 3.40. The molecule has 3 aromatic rings. The van der Waals surface area contributed by atoms with E-state index in [2.05, 4.69) is 10.4 Å². The molecule has 0 unspecified atom stereocenters. The standard InChI is InChI=1S/C15H12ClF2N5O/c16-13-7-11(19)5-4-10(13)8-22-15(24)23(21-20-22)12-3-1-2-9(6-12)14(17)18/h1-7,14H,8,19H2. The van der Waals surface area contributed by atoms with Crippen LogP contribution in [0.3, 0.4) is 0 Å². The Kier molecular flexibility index (Phi) is 4.30. The number of nitrogens with two attached hydrogens (primary N) is 1. The first-order chi connectivity index (χ1) is 11.5. The van der Waals surface area contributed by atoms with E-state index in [1.807, 2.05) is 0 Å². The highest BCUT2D eigenvalue weighted by atomic mass is 35.5. The van der Waals surface area contributed by atoms with Crippen LogP contribution in [0.4, 0.5) is 14.5 Å². The van der Waals surface area contributed by atoms with Crippen LogP contribution in [0.5, 0.6) is 0 Å². The number of nitrogen functional groups attached to an aromatic ring is 1. The highest BCUT2D eigenvalue weighted by Crippen LogP contribution is 2.21. The van der Waals surface area contributed by atoms with E-state index in [0.717, 1.165) is 9.36 Å². The average Bonchev–Trinajstić information content (AvgIpc) is 2.91. The molecule has 0 saturated carbocycles. The Hall–Kier alpha value is -2.74. The van der Waals surface area contributed by atoms with Crippen LogP contribution in [-0.2, 0) is 6.54 Å². The first-order valence-electron chi connectivity index (χ1n) is 6.91. The Labute approximate surface area is 140 Å². The van der Waals surface area contributed by atoms with Crippen molar-refractivity contribution < 1.29 is 8.78 Å². The monoisotopic (exact) mass is 351 g/mol. The van der Waals surface area contributed by atoms with Gasteiger partial charge >= 0.3 is 5.69 Å². The van der Waals surface area contributed by atoms with Gasteiger partial charge in [-0.3, -0.25) is 0 Å². The van der Waals surface area contributed by atoms with Crippen LogP contribution in [0.15, 0.2) is 47.3 Å². The third-order valence-corrected chi connectivity index (χ3v) is 3.76. The molecule has 124 valence electrons. The fourth-order valence-electron chi connectivity index (χ4n) is 2.18. The Morgan fingerprint density at radius 1 is 1.17 bits per heavy atom. The minimum absolute atomic E-state index is 0.0898. The van der Waals surface area contributed by atoms with Gasteiger partial charge in [-0.1, -0.05) is 29.8 Å². The second kappa shape index (κ2) is 6.40. The van der Waals surface area contributed by atoms with E-state index >= 15 is 0 Å². The second-order valence-corrected chi connectivity index (χ2v) is 5.48. The summed E-state index contributed by atoms with van der Waals surface area (Å²) < 4.78 is 27.6. The Balaban J connectivity index is 1.94. The number of tetrazole rings is 1. The number of nitrogens with zero attached hydrogens (tertiary/aromatic N) is 4. The molecule has 9 heteroatoms. The highest BCUT2D eigenvalue weighted by molar-refractivity contribution is 6.31. The molecule has 0 aliphatic rings. The minimum Gasteiger partial charge on any atom is -0.399 e. The zero-order valence-corrected chi connectivity index (χ0v) is 13.0. The largest absolute Gasteiger partial charge is 0.399 e. The summed E-state index contributed by atoms with van der Waals surface area (Å²) in [7, 11) is 0. The van der Waals surface area contributed by atoms with E-state index in [9.17, 15) is 13.6 Å². The van der Waals surface area contributed by atoms with Crippen LogP contribution < -0.4 is 11.4 Å². The second-order valence-electron chi connectivity index (χ2n) is 5.08. The van der Waals surface area contributed by atoms with Crippen molar-refractivity contribution in [2.75, 3.05) is 5.73 Å². The zero-order valence-electron chi connectivity index (χ0n) is 12.2. The van der Waals surface area contributed by atoms with Crippen molar-refractivity contribution in [3.8, 4) is 5.69 Å². The highest BCUT2D eigenvalue weighted by Gasteiger charge is 2.13. The van der Waals surface area contributed by atoms with Gasteiger partial charge in [-0.05, 0) is 40.3 Å². The van der Waals surface area contributed by atoms with E-state index < -0.39 is 12.1 Å². The number of alkyl halides is 2. The summed E-state index contributed by atoms with van der Waals surface area (Å²) in [6.45, 7) is 0.0898. The molecule has 0 atom stereocenters. The Morgan fingerprint density at radius 2 is 1.96 bits per heavy atom. The predicted octanol–water partition coefficient (Wildman–Crippen LogP) is 2.65. The fraction of sp³-hybridized carbons (Fsp3) is 0.133. The van der Waals surface area contributed by atoms with Gasteiger partial charge in [-0.2, -0.15) is 9.36 Å². The van der Waals surface area contributed by atoms with Crippen molar-refractivity contribution in [1.29, 1.82) is 0 Å². The van der Waals surface area contributed by atoms with Crippen molar-refractivity contribution >= 4 is 17.3 Å². The zero-order chi connectivity index (χ0) is 17.3. The van der Waals surface area contributed by atoms with Crippen LogP contribution >= 0.6 is 11.6 Å². The lowest BCUT2D eigenvalue weighted by molar-refractivity contribution is 0.151. The molecule has 1 heterocycles. The van der Waals surface area contributed by atoms with Crippen molar-refractivity contribution in [3.63, 3.8) is 0 Å². The van der Waals surface area contributed by atoms with Crippen molar-refractivity contribution in [2.45, 2.75) is 13.0 Å². The summed E-state index contributed by atoms with van der Waals surface area (Å²) in [5, 5.41) is 7.90. The molecule has 0 saturated heterocycles. The van der Waals surface area contributed by atoms with E-state index in [-0.39, 0.29) is 17.8 Å². The van der Waals surface area contributed by atoms with Crippen molar-refractivity contribution in [2.24, 2.45) is 0 Å². The molecule has 2 aromatic carbocycles. The van der Waals surface area contributed by atoms with Crippen LogP contribution in [0.1, 0.15) is 17.6 Å². The van der Waals surface area contributed by atoms with Gasteiger partial charge in [0.2, 0.25) is 0 Å². The molecule has 0 radical (unpaired) electrons. The van der Waals surface area contributed by atoms with Gasteiger partial charge in [0.1, 0.15) is 0 Å². The lowest BCUT2D eigenvalue weighted by atomic mass is 10.2. The molecule has 2 N–H and O–H groups in total. The quantitative estimate of drug-likeness (QED) is 0.733. The number of rotatable bonds is 4. The number of benzene rings is 2. The summed E-state index contributed by atoms with van der Waals surface area (Å²) in [4.78, 5) is 12.4. The lowest BCUT2D eigenvalue weighted by Gasteiger charge is -2.04. The van der Waals surface area contributed by atoms with Crippen LogP contribution in [-0.4, -0.2) is 19.8 Å². The van der Waals surface area contributed by atoms with Gasteiger partial charge in [0, 0.05) is 16.3 Å². The van der Waals surface area contributed by atoms with Gasteiger partial charge < -0.3 is 5.73 Å². The van der Waals surface area contributed by atoms with Crippen molar-refractivity contribution in [3.05, 3.63) is 69.1 Å².